The number of carbonyl (C=O) groups is 2. The van der Waals surface area contributed by atoms with E-state index in [2.05, 4.69) is 4.57 Å². The number of nitrogens with zero attached hydrogens (tertiary/aromatic N) is 3. The van der Waals surface area contributed by atoms with Crippen molar-refractivity contribution in [2.24, 2.45) is 0 Å². The van der Waals surface area contributed by atoms with E-state index in [0.29, 0.717) is 30.2 Å². The molecular weight excluding hydrogens is 477 g/mol. The zero-order valence-electron chi connectivity index (χ0n) is 21.4. The fourth-order valence-corrected chi connectivity index (χ4v) is 5.66. The van der Waals surface area contributed by atoms with Gasteiger partial charge in [0.05, 0.1) is 42.4 Å². The Kier molecular flexibility index (Phi) is 6.90. The molecule has 1 unspecified atom stereocenters. The Bertz CT molecular complexity index is 1350. The summed E-state index contributed by atoms with van der Waals surface area (Å²) in [4.78, 5) is 31.6. The average Bonchev–Trinajstić information content (AvgIpc) is 3.27. The van der Waals surface area contributed by atoms with Gasteiger partial charge < -0.3 is 19.1 Å². The number of benzene rings is 2. The first-order chi connectivity index (χ1) is 17.8. The standard InChI is InChI=1S/C28H32FN3O5/c1-16-6-8-18(13-22(16)29)21(27(33)34)14-25-30-26-20-9-7-17(2)31(28(35)36-3)23(20)10-11-24(26)32(25)19-5-4-12-37-15-19/h6,8,10-11,13,17,19,21H,4-5,7,9,12,14-15H2,1-3H3,(H,33,34)/t17-,19-,21?/m0/s1. The predicted molar refractivity (Wildman–Crippen MR) is 137 cm³/mol. The Morgan fingerprint density at radius 3 is 2.76 bits per heavy atom. The van der Waals surface area contributed by atoms with Crippen LogP contribution in [0, 0.1) is 12.7 Å². The summed E-state index contributed by atoms with van der Waals surface area (Å²) in [5.74, 6) is -1.80. The topological polar surface area (TPSA) is 93.9 Å². The highest BCUT2D eigenvalue weighted by Crippen LogP contribution is 2.39. The first kappa shape index (κ1) is 25.2. The number of aromatic nitrogens is 2. The largest absolute Gasteiger partial charge is 0.481 e. The Balaban J connectivity index is 1.65. The highest BCUT2D eigenvalue weighted by Gasteiger charge is 2.33. The molecule has 0 aliphatic carbocycles. The highest BCUT2D eigenvalue weighted by atomic mass is 19.1. The van der Waals surface area contributed by atoms with Crippen molar-refractivity contribution < 1.29 is 28.6 Å². The van der Waals surface area contributed by atoms with Crippen LogP contribution in [0.1, 0.15) is 60.7 Å². The molecule has 3 aromatic rings. The summed E-state index contributed by atoms with van der Waals surface area (Å²) in [6.45, 7) is 4.85. The van der Waals surface area contributed by atoms with Crippen LogP contribution >= 0.6 is 0 Å². The average molecular weight is 510 g/mol. The number of carbonyl (C=O) groups excluding carboxylic acids is 1. The number of anilines is 1. The van der Waals surface area contributed by atoms with Crippen LogP contribution < -0.4 is 4.90 Å². The number of fused-ring (bicyclic) bond motifs is 3. The highest BCUT2D eigenvalue weighted by molar-refractivity contribution is 5.95. The minimum absolute atomic E-state index is 0.00947. The number of imidazole rings is 1. The number of hydrogen-bond donors (Lipinski definition) is 1. The summed E-state index contributed by atoms with van der Waals surface area (Å²) >= 11 is 0. The normalized spacial score (nSPS) is 20.5. The Labute approximate surface area is 215 Å². The fraction of sp³-hybridized carbons (Fsp3) is 0.464. The molecule has 0 saturated carbocycles. The van der Waals surface area contributed by atoms with Crippen LogP contribution in [0.5, 0.6) is 0 Å². The van der Waals surface area contributed by atoms with Gasteiger partial charge in [0.1, 0.15) is 11.6 Å². The van der Waals surface area contributed by atoms with Gasteiger partial charge in [-0.3, -0.25) is 9.69 Å². The number of carboxylic acid groups (broad SMARTS) is 1. The molecule has 1 aromatic heterocycles. The third-order valence-electron chi connectivity index (χ3n) is 7.68. The summed E-state index contributed by atoms with van der Waals surface area (Å²) in [5, 5.41) is 10.1. The molecule has 3 heterocycles. The number of methoxy groups -OCH3 is 1. The second-order valence-corrected chi connectivity index (χ2v) is 10.0. The minimum atomic E-state index is -1.03. The van der Waals surface area contributed by atoms with Gasteiger partial charge in [-0.05, 0) is 68.9 Å². The molecule has 1 saturated heterocycles. The van der Waals surface area contributed by atoms with Gasteiger partial charge in [0.2, 0.25) is 0 Å². The van der Waals surface area contributed by atoms with Crippen molar-refractivity contribution in [1.29, 1.82) is 0 Å². The quantitative estimate of drug-likeness (QED) is 0.511. The molecule has 5 rings (SSSR count). The van der Waals surface area contributed by atoms with E-state index in [-0.39, 0.29) is 18.5 Å². The number of amides is 1. The summed E-state index contributed by atoms with van der Waals surface area (Å²) < 4.78 is 27.3. The maximum Gasteiger partial charge on any atom is 0.414 e. The smallest absolute Gasteiger partial charge is 0.414 e. The fourth-order valence-electron chi connectivity index (χ4n) is 5.66. The lowest BCUT2D eigenvalue weighted by molar-refractivity contribution is -0.138. The Morgan fingerprint density at radius 1 is 1.27 bits per heavy atom. The summed E-state index contributed by atoms with van der Waals surface area (Å²) in [6, 6.07) is 8.47. The molecule has 2 aliphatic heterocycles. The SMILES string of the molecule is COC(=O)N1c2ccc3c(nc(CC(C(=O)O)c4ccc(C)c(F)c4)n3[C@H]3CCCOC3)c2CC[C@@H]1C. The lowest BCUT2D eigenvalue weighted by Gasteiger charge is -2.34. The van der Waals surface area contributed by atoms with E-state index < -0.39 is 23.8 Å². The molecule has 196 valence electrons. The molecule has 37 heavy (non-hydrogen) atoms. The van der Waals surface area contributed by atoms with Gasteiger partial charge in [-0.25, -0.2) is 14.2 Å². The van der Waals surface area contributed by atoms with E-state index in [1.165, 1.54) is 13.2 Å². The first-order valence-electron chi connectivity index (χ1n) is 12.8. The molecule has 9 heteroatoms. The van der Waals surface area contributed by atoms with Crippen LogP contribution in [-0.2, 0) is 27.1 Å². The van der Waals surface area contributed by atoms with Crippen LogP contribution in [0.25, 0.3) is 11.0 Å². The monoisotopic (exact) mass is 509 g/mol. The predicted octanol–water partition coefficient (Wildman–Crippen LogP) is 5.15. The number of halogens is 1. The molecule has 1 amide bonds. The van der Waals surface area contributed by atoms with Crippen molar-refractivity contribution in [1.82, 2.24) is 9.55 Å². The van der Waals surface area contributed by atoms with E-state index in [1.54, 1.807) is 24.0 Å². The Hall–Kier alpha value is -3.46. The van der Waals surface area contributed by atoms with Crippen LogP contribution in [0.4, 0.5) is 14.9 Å². The van der Waals surface area contributed by atoms with Crippen molar-refractivity contribution in [3.05, 3.63) is 58.7 Å². The van der Waals surface area contributed by atoms with E-state index >= 15 is 0 Å². The molecule has 2 aliphatic rings. The van der Waals surface area contributed by atoms with Gasteiger partial charge in [0, 0.05) is 24.6 Å². The van der Waals surface area contributed by atoms with E-state index in [4.69, 9.17) is 14.5 Å². The van der Waals surface area contributed by atoms with Gasteiger partial charge in [0.15, 0.2) is 0 Å². The molecule has 0 spiro atoms. The van der Waals surface area contributed by atoms with E-state index in [9.17, 15) is 19.1 Å². The van der Waals surface area contributed by atoms with Crippen molar-refractivity contribution in [2.75, 3.05) is 25.2 Å². The summed E-state index contributed by atoms with van der Waals surface area (Å²) in [5.41, 5.74) is 4.24. The Morgan fingerprint density at radius 2 is 2.08 bits per heavy atom. The molecule has 2 aromatic carbocycles. The van der Waals surface area contributed by atoms with Crippen molar-refractivity contribution >= 4 is 28.8 Å². The number of hydrogen-bond acceptors (Lipinski definition) is 5. The van der Waals surface area contributed by atoms with Crippen LogP contribution in [-0.4, -0.2) is 53.1 Å². The van der Waals surface area contributed by atoms with Crippen molar-refractivity contribution in [2.45, 2.75) is 64.0 Å². The number of rotatable bonds is 5. The number of carboxylic acids is 1. The maximum absolute atomic E-state index is 14.4. The first-order valence-corrected chi connectivity index (χ1v) is 12.8. The van der Waals surface area contributed by atoms with Crippen molar-refractivity contribution in [3.8, 4) is 0 Å². The van der Waals surface area contributed by atoms with Crippen molar-refractivity contribution in [3.63, 3.8) is 0 Å². The van der Waals surface area contributed by atoms with E-state index in [1.807, 2.05) is 19.1 Å². The maximum atomic E-state index is 14.4. The molecule has 3 atom stereocenters. The molecule has 0 bridgehead atoms. The van der Waals surface area contributed by atoms with Gasteiger partial charge in [-0.2, -0.15) is 0 Å². The molecular formula is C28H32FN3O5. The van der Waals surface area contributed by atoms with Gasteiger partial charge >= 0.3 is 12.1 Å². The lowest BCUT2D eigenvalue weighted by atomic mass is 9.94. The lowest BCUT2D eigenvalue weighted by Crippen LogP contribution is -2.42. The number of aliphatic carboxylic acids is 1. The van der Waals surface area contributed by atoms with Crippen LogP contribution in [0.2, 0.25) is 0 Å². The summed E-state index contributed by atoms with van der Waals surface area (Å²) in [6.07, 6.45) is 2.97. The molecule has 1 N–H and O–H groups in total. The molecule has 1 fully saturated rings. The zero-order valence-corrected chi connectivity index (χ0v) is 21.4. The third kappa shape index (κ3) is 4.56. The zero-order chi connectivity index (χ0) is 26.3. The molecule has 8 nitrogen and oxygen atoms in total. The second-order valence-electron chi connectivity index (χ2n) is 10.0. The van der Waals surface area contributed by atoms with Crippen LogP contribution in [0.15, 0.2) is 30.3 Å². The van der Waals surface area contributed by atoms with Crippen LogP contribution in [0.3, 0.4) is 0 Å². The molecule has 0 radical (unpaired) electrons. The van der Waals surface area contributed by atoms with Gasteiger partial charge in [-0.15, -0.1) is 0 Å². The van der Waals surface area contributed by atoms with E-state index in [0.717, 1.165) is 48.0 Å². The number of aryl methyl sites for hydroxylation is 2. The number of ether oxygens (including phenoxy) is 2. The second kappa shape index (κ2) is 10.1. The third-order valence-corrected chi connectivity index (χ3v) is 7.68. The van der Waals surface area contributed by atoms with Gasteiger partial charge in [0.25, 0.3) is 0 Å². The summed E-state index contributed by atoms with van der Waals surface area (Å²) in [7, 11) is 1.37. The minimum Gasteiger partial charge on any atom is -0.481 e. The van der Waals surface area contributed by atoms with Gasteiger partial charge in [-0.1, -0.05) is 12.1 Å².